The summed E-state index contributed by atoms with van der Waals surface area (Å²) in [6, 6.07) is 10.7. The molecule has 3 aromatic rings. The quantitative estimate of drug-likeness (QED) is 0.799. The molecule has 1 N–H and O–H groups in total. The zero-order chi connectivity index (χ0) is 14.8. The minimum absolute atomic E-state index is 0.591. The van der Waals surface area contributed by atoms with Gasteiger partial charge < -0.3 is 5.32 Å². The Morgan fingerprint density at radius 2 is 1.95 bits per heavy atom. The number of para-hydroxylation sites is 1. The Morgan fingerprint density at radius 1 is 1.09 bits per heavy atom. The van der Waals surface area contributed by atoms with Gasteiger partial charge in [0.15, 0.2) is 0 Å². The molecule has 1 aliphatic carbocycles. The highest BCUT2D eigenvalue weighted by atomic mass is 15.3. The number of nitrogens with zero attached hydrogens (tertiary/aromatic N) is 4. The van der Waals surface area contributed by atoms with E-state index in [9.17, 15) is 0 Å². The SMILES string of the molecule is c1ccc2c(NCc3ccn(C4CCCC4)n3)ncnc2c1. The highest BCUT2D eigenvalue weighted by Gasteiger charge is 2.17. The van der Waals surface area contributed by atoms with Gasteiger partial charge in [-0.2, -0.15) is 5.10 Å². The first-order chi connectivity index (χ1) is 10.9. The average molecular weight is 293 g/mol. The molecular formula is C17H19N5. The van der Waals surface area contributed by atoms with Gasteiger partial charge in [0.1, 0.15) is 12.1 Å². The first-order valence-corrected chi connectivity index (χ1v) is 7.88. The predicted molar refractivity (Wildman–Crippen MR) is 86.6 cm³/mol. The summed E-state index contributed by atoms with van der Waals surface area (Å²) in [6.07, 6.45) is 8.86. The van der Waals surface area contributed by atoms with Crippen molar-refractivity contribution in [2.45, 2.75) is 38.3 Å². The Kier molecular flexibility index (Phi) is 3.46. The van der Waals surface area contributed by atoms with E-state index in [1.165, 1.54) is 25.7 Å². The van der Waals surface area contributed by atoms with Crippen LogP contribution in [0.1, 0.15) is 37.4 Å². The van der Waals surface area contributed by atoms with Crippen molar-refractivity contribution in [3.8, 4) is 0 Å². The molecule has 0 spiro atoms. The maximum Gasteiger partial charge on any atom is 0.137 e. The van der Waals surface area contributed by atoms with Crippen LogP contribution in [0.5, 0.6) is 0 Å². The molecule has 1 fully saturated rings. The third kappa shape index (κ3) is 2.54. The van der Waals surface area contributed by atoms with Crippen molar-refractivity contribution < 1.29 is 0 Å². The van der Waals surface area contributed by atoms with Gasteiger partial charge in [0.25, 0.3) is 0 Å². The molecule has 1 saturated carbocycles. The third-order valence-electron chi connectivity index (χ3n) is 4.34. The maximum atomic E-state index is 4.70. The highest BCUT2D eigenvalue weighted by Crippen LogP contribution is 2.28. The van der Waals surface area contributed by atoms with Crippen LogP contribution in [0.2, 0.25) is 0 Å². The zero-order valence-corrected chi connectivity index (χ0v) is 12.4. The number of rotatable bonds is 4. The summed E-state index contributed by atoms with van der Waals surface area (Å²) < 4.78 is 2.13. The van der Waals surface area contributed by atoms with Crippen LogP contribution in [0.3, 0.4) is 0 Å². The lowest BCUT2D eigenvalue weighted by atomic mass is 10.2. The Balaban J connectivity index is 1.50. The Bertz CT molecular complexity index is 768. The molecule has 0 saturated heterocycles. The van der Waals surface area contributed by atoms with Gasteiger partial charge in [-0.1, -0.05) is 25.0 Å². The van der Waals surface area contributed by atoms with Crippen LogP contribution in [0.4, 0.5) is 5.82 Å². The van der Waals surface area contributed by atoms with Crippen LogP contribution in [0.15, 0.2) is 42.9 Å². The molecule has 0 aliphatic heterocycles. The number of nitrogens with one attached hydrogen (secondary N) is 1. The molecule has 112 valence electrons. The summed E-state index contributed by atoms with van der Waals surface area (Å²) in [5.41, 5.74) is 2.01. The van der Waals surface area contributed by atoms with E-state index in [2.05, 4.69) is 32.2 Å². The maximum absolute atomic E-state index is 4.70. The minimum Gasteiger partial charge on any atom is -0.364 e. The van der Waals surface area contributed by atoms with Crippen LogP contribution in [-0.4, -0.2) is 19.7 Å². The molecule has 22 heavy (non-hydrogen) atoms. The van der Waals surface area contributed by atoms with E-state index in [0.29, 0.717) is 12.6 Å². The van der Waals surface area contributed by atoms with Gasteiger partial charge >= 0.3 is 0 Å². The van der Waals surface area contributed by atoms with Gasteiger partial charge in [-0.25, -0.2) is 9.97 Å². The van der Waals surface area contributed by atoms with Crippen molar-refractivity contribution in [1.82, 2.24) is 19.7 Å². The summed E-state index contributed by atoms with van der Waals surface area (Å²) in [5, 5.41) is 9.12. The Morgan fingerprint density at radius 3 is 2.86 bits per heavy atom. The fourth-order valence-electron chi connectivity index (χ4n) is 3.16. The fourth-order valence-corrected chi connectivity index (χ4v) is 3.16. The number of fused-ring (bicyclic) bond motifs is 1. The first-order valence-electron chi connectivity index (χ1n) is 7.88. The summed E-state index contributed by atoms with van der Waals surface area (Å²) in [7, 11) is 0. The fraction of sp³-hybridized carbons (Fsp3) is 0.353. The number of hydrogen-bond acceptors (Lipinski definition) is 4. The normalized spacial score (nSPS) is 15.5. The lowest BCUT2D eigenvalue weighted by molar-refractivity contribution is 0.463. The largest absolute Gasteiger partial charge is 0.364 e. The van der Waals surface area contributed by atoms with Crippen molar-refractivity contribution in [1.29, 1.82) is 0 Å². The molecule has 0 radical (unpaired) electrons. The van der Waals surface area contributed by atoms with Gasteiger partial charge in [0, 0.05) is 11.6 Å². The van der Waals surface area contributed by atoms with E-state index in [0.717, 1.165) is 22.4 Å². The molecule has 1 aromatic carbocycles. The molecule has 0 amide bonds. The van der Waals surface area contributed by atoms with Gasteiger partial charge in [0.05, 0.1) is 23.8 Å². The summed E-state index contributed by atoms with van der Waals surface area (Å²) in [6.45, 7) is 0.681. The second kappa shape index (κ2) is 5.75. The number of hydrogen-bond donors (Lipinski definition) is 1. The second-order valence-electron chi connectivity index (χ2n) is 5.82. The van der Waals surface area contributed by atoms with Crippen LogP contribution in [-0.2, 0) is 6.54 Å². The van der Waals surface area contributed by atoms with Gasteiger partial charge in [-0.05, 0) is 31.0 Å². The molecule has 0 bridgehead atoms. The van der Waals surface area contributed by atoms with E-state index in [-0.39, 0.29) is 0 Å². The van der Waals surface area contributed by atoms with Crippen molar-refractivity contribution >= 4 is 16.7 Å². The molecule has 2 aromatic heterocycles. The first kappa shape index (κ1) is 13.2. The molecular weight excluding hydrogens is 274 g/mol. The molecule has 0 atom stereocenters. The molecule has 5 nitrogen and oxygen atoms in total. The van der Waals surface area contributed by atoms with Crippen LogP contribution in [0, 0.1) is 0 Å². The van der Waals surface area contributed by atoms with E-state index in [1.54, 1.807) is 6.33 Å². The predicted octanol–water partition coefficient (Wildman–Crippen LogP) is 3.55. The van der Waals surface area contributed by atoms with Crippen molar-refractivity contribution in [3.63, 3.8) is 0 Å². The van der Waals surface area contributed by atoms with Crippen LogP contribution >= 0.6 is 0 Å². The zero-order valence-electron chi connectivity index (χ0n) is 12.4. The number of aromatic nitrogens is 4. The van der Waals surface area contributed by atoms with Crippen molar-refractivity contribution in [2.24, 2.45) is 0 Å². The molecule has 0 unspecified atom stereocenters. The van der Waals surface area contributed by atoms with Crippen LogP contribution < -0.4 is 5.32 Å². The van der Waals surface area contributed by atoms with E-state index >= 15 is 0 Å². The average Bonchev–Trinajstić information content (AvgIpc) is 3.24. The summed E-state index contributed by atoms with van der Waals surface area (Å²) >= 11 is 0. The Hall–Kier alpha value is -2.43. The third-order valence-corrected chi connectivity index (χ3v) is 4.34. The minimum atomic E-state index is 0.591. The monoisotopic (exact) mass is 293 g/mol. The molecule has 5 heteroatoms. The van der Waals surface area contributed by atoms with E-state index in [4.69, 9.17) is 5.10 Å². The Labute approximate surface area is 129 Å². The molecule has 2 heterocycles. The summed E-state index contributed by atoms with van der Waals surface area (Å²) in [4.78, 5) is 8.63. The number of anilines is 1. The lowest BCUT2D eigenvalue weighted by Crippen LogP contribution is -2.07. The lowest BCUT2D eigenvalue weighted by Gasteiger charge is -2.09. The van der Waals surface area contributed by atoms with Crippen molar-refractivity contribution in [3.05, 3.63) is 48.5 Å². The summed E-state index contributed by atoms with van der Waals surface area (Å²) in [5.74, 6) is 0.862. The molecule has 4 rings (SSSR count). The van der Waals surface area contributed by atoms with Gasteiger partial charge in [-0.3, -0.25) is 4.68 Å². The van der Waals surface area contributed by atoms with E-state index in [1.807, 2.05) is 24.3 Å². The standard InChI is InChI=1S/C17H19N5/c1-2-6-14(5-1)22-10-9-13(21-22)11-18-17-15-7-3-4-8-16(15)19-12-20-17/h3-4,7-10,12,14H,1-2,5-6,11H2,(H,18,19,20). The van der Waals surface area contributed by atoms with Gasteiger partial charge in [0.2, 0.25) is 0 Å². The van der Waals surface area contributed by atoms with Gasteiger partial charge in [-0.15, -0.1) is 0 Å². The van der Waals surface area contributed by atoms with E-state index < -0.39 is 0 Å². The smallest absolute Gasteiger partial charge is 0.137 e. The molecule has 1 aliphatic rings. The van der Waals surface area contributed by atoms with Crippen molar-refractivity contribution in [2.75, 3.05) is 5.32 Å². The highest BCUT2D eigenvalue weighted by molar-refractivity contribution is 5.88. The second-order valence-corrected chi connectivity index (χ2v) is 5.82. The topological polar surface area (TPSA) is 55.6 Å². The van der Waals surface area contributed by atoms with Crippen LogP contribution in [0.25, 0.3) is 10.9 Å². The number of benzene rings is 1.